The van der Waals surface area contributed by atoms with Crippen molar-refractivity contribution in [1.29, 1.82) is 0 Å². The van der Waals surface area contributed by atoms with E-state index in [1.807, 2.05) is 18.2 Å². The maximum absolute atomic E-state index is 12.2. The molecule has 1 aromatic carbocycles. The third kappa shape index (κ3) is 3.00. The fraction of sp³-hybridized carbons (Fsp3) is 0.385. The average Bonchev–Trinajstić information content (AvgIpc) is 2.38. The zero-order chi connectivity index (χ0) is 13.0. The molecule has 1 aliphatic rings. The monoisotopic (exact) mass is 248 g/mol. The van der Waals surface area contributed by atoms with E-state index < -0.39 is 6.09 Å². The molecule has 0 bridgehead atoms. The van der Waals surface area contributed by atoms with Crippen LogP contribution in [0.1, 0.15) is 23.2 Å². The van der Waals surface area contributed by atoms with Crippen LogP contribution >= 0.6 is 0 Å². The van der Waals surface area contributed by atoms with Crippen molar-refractivity contribution in [3.05, 3.63) is 35.9 Å². The number of carboxylic acid groups (broad SMARTS) is 1. The highest BCUT2D eigenvalue weighted by Gasteiger charge is 2.25. The van der Waals surface area contributed by atoms with Crippen molar-refractivity contribution >= 4 is 12.0 Å². The van der Waals surface area contributed by atoms with Crippen LogP contribution in [0.25, 0.3) is 0 Å². The van der Waals surface area contributed by atoms with Crippen LogP contribution in [-0.2, 0) is 0 Å². The van der Waals surface area contributed by atoms with Gasteiger partial charge in [0.2, 0.25) is 0 Å². The molecule has 96 valence electrons. The van der Waals surface area contributed by atoms with Gasteiger partial charge in [0.15, 0.2) is 0 Å². The molecule has 0 aliphatic carbocycles. The van der Waals surface area contributed by atoms with E-state index in [0.717, 1.165) is 12.8 Å². The Labute approximate surface area is 105 Å². The summed E-state index contributed by atoms with van der Waals surface area (Å²) in [5, 5.41) is 11.1. The molecule has 0 aromatic heterocycles. The zero-order valence-corrected chi connectivity index (χ0v) is 10.0. The summed E-state index contributed by atoms with van der Waals surface area (Å²) in [6.45, 7) is 1.13. The quantitative estimate of drug-likeness (QED) is 0.834. The van der Waals surface area contributed by atoms with Gasteiger partial charge in [0.25, 0.3) is 5.91 Å². The van der Waals surface area contributed by atoms with Crippen molar-refractivity contribution in [3.8, 4) is 0 Å². The summed E-state index contributed by atoms with van der Waals surface area (Å²) in [4.78, 5) is 24.5. The maximum Gasteiger partial charge on any atom is 0.404 e. The lowest BCUT2D eigenvalue weighted by atomic mass is 10.0. The molecule has 2 rings (SSSR count). The fourth-order valence-corrected chi connectivity index (χ4v) is 2.22. The first-order valence-electron chi connectivity index (χ1n) is 6.00. The van der Waals surface area contributed by atoms with Gasteiger partial charge < -0.3 is 15.3 Å². The van der Waals surface area contributed by atoms with Crippen LogP contribution in [0.3, 0.4) is 0 Å². The molecule has 1 heterocycles. The Balaban J connectivity index is 2.00. The third-order valence-electron chi connectivity index (χ3n) is 3.06. The van der Waals surface area contributed by atoms with Crippen molar-refractivity contribution < 1.29 is 14.7 Å². The van der Waals surface area contributed by atoms with Crippen molar-refractivity contribution in [3.63, 3.8) is 0 Å². The molecular weight excluding hydrogens is 232 g/mol. The van der Waals surface area contributed by atoms with E-state index in [1.54, 1.807) is 17.0 Å². The predicted octanol–water partition coefficient (Wildman–Crippen LogP) is 1.56. The molecule has 1 aromatic rings. The number of carbonyl (C=O) groups is 2. The van der Waals surface area contributed by atoms with E-state index in [1.165, 1.54) is 0 Å². The number of piperidine rings is 1. The Kier molecular flexibility index (Phi) is 3.82. The molecule has 5 heteroatoms. The molecule has 2 amide bonds. The minimum absolute atomic E-state index is 0.0347. The van der Waals surface area contributed by atoms with E-state index in [4.69, 9.17) is 5.11 Å². The van der Waals surface area contributed by atoms with E-state index in [9.17, 15) is 9.59 Å². The van der Waals surface area contributed by atoms with Gasteiger partial charge >= 0.3 is 6.09 Å². The number of benzene rings is 1. The second-order valence-corrected chi connectivity index (χ2v) is 4.41. The first kappa shape index (κ1) is 12.4. The summed E-state index contributed by atoms with van der Waals surface area (Å²) in [7, 11) is 0. The molecule has 1 atom stereocenters. The first-order chi connectivity index (χ1) is 8.66. The second kappa shape index (κ2) is 5.53. The van der Waals surface area contributed by atoms with Gasteiger partial charge in [-0.2, -0.15) is 0 Å². The highest BCUT2D eigenvalue weighted by Crippen LogP contribution is 2.13. The number of nitrogens with zero attached hydrogens (tertiary/aromatic N) is 1. The molecule has 5 nitrogen and oxygen atoms in total. The number of hydrogen-bond donors (Lipinski definition) is 2. The van der Waals surface area contributed by atoms with Crippen LogP contribution in [0.2, 0.25) is 0 Å². The smallest absolute Gasteiger partial charge is 0.404 e. The van der Waals surface area contributed by atoms with Crippen molar-refractivity contribution in [2.45, 2.75) is 18.9 Å². The van der Waals surface area contributed by atoms with Gasteiger partial charge in [0.05, 0.1) is 0 Å². The highest BCUT2D eigenvalue weighted by molar-refractivity contribution is 5.94. The molecule has 0 radical (unpaired) electrons. The summed E-state index contributed by atoms with van der Waals surface area (Å²) < 4.78 is 0. The van der Waals surface area contributed by atoms with E-state index in [2.05, 4.69) is 5.32 Å². The molecule has 0 spiro atoms. The standard InChI is InChI=1S/C13H16N2O3/c16-12(10-5-2-1-3-6-10)15-8-4-7-11(9-15)14-13(17)18/h1-3,5-6,11,14H,4,7-9H2,(H,17,18). The molecule has 1 saturated heterocycles. The van der Waals surface area contributed by atoms with Crippen molar-refractivity contribution in [1.82, 2.24) is 10.2 Å². The maximum atomic E-state index is 12.2. The first-order valence-corrected chi connectivity index (χ1v) is 6.00. The topological polar surface area (TPSA) is 69.6 Å². The van der Waals surface area contributed by atoms with Crippen LogP contribution in [0, 0.1) is 0 Å². The van der Waals surface area contributed by atoms with E-state index in [-0.39, 0.29) is 11.9 Å². The second-order valence-electron chi connectivity index (χ2n) is 4.41. The van der Waals surface area contributed by atoms with Crippen molar-refractivity contribution in [2.24, 2.45) is 0 Å². The third-order valence-corrected chi connectivity index (χ3v) is 3.06. The van der Waals surface area contributed by atoms with Crippen LogP contribution in [0.5, 0.6) is 0 Å². The largest absolute Gasteiger partial charge is 0.465 e. The Morgan fingerprint density at radius 1 is 1.28 bits per heavy atom. The lowest BCUT2D eigenvalue weighted by molar-refractivity contribution is 0.0692. The van der Waals surface area contributed by atoms with E-state index in [0.29, 0.717) is 18.7 Å². The molecule has 1 fully saturated rings. The minimum Gasteiger partial charge on any atom is -0.465 e. The number of amides is 2. The van der Waals surface area contributed by atoms with Gasteiger partial charge in [0, 0.05) is 24.7 Å². The Bertz CT molecular complexity index is 433. The van der Waals surface area contributed by atoms with Gasteiger partial charge in [-0.25, -0.2) is 4.79 Å². The van der Waals surface area contributed by atoms with Gasteiger partial charge in [-0.05, 0) is 25.0 Å². The summed E-state index contributed by atoms with van der Waals surface area (Å²) >= 11 is 0. The molecule has 1 unspecified atom stereocenters. The zero-order valence-electron chi connectivity index (χ0n) is 10.0. The van der Waals surface area contributed by atoms with Gasteiger partial charge in [-0.15, -0.1) is 0 Å². The van der Waals surface area contributed by atoms with Gasteiger partial charge in [0.1, 0.15) is 0 Å². The van der Waals surface area contributed by atoms with Crippen LogP contribution < -0.4 is 5.32 Å². The minimum atomic E-state index is -1.03. The SMILES string of the molecule is O=C(O)NC1CCCN(C(=O)c2ccccc2)C1. The number of nitrogens with one attached hydrogen (secondary N) is 1. The molecular formula is C13H16N2O3. The lowest BCUT2D eigenvalue weighted by Gasteiger charge is -2.32. The summed E-state index contributed by atoms with van der Waals surface area (Å²) in [6.07, 6.45) is 0.572. The van der Waals surface area contributed by atoms with Gasteiger partial charge in [-0.3, -0.25) is 4.79 Å². The molecule has 18 heavy (non-hydrogen) atoms. The Hall–Kier alpha value is -2.04. The Morgan fingerprint density at radius 2 is 2.00 bits per heavy atom. The molecule has 0 saturated carbocycles. The van der Waals surface area contributed by atoms with Crippen molar-refractivity contribution in [2.75, 3.05) is 13.1 Å². The van der Waals surface area contributed by atoms with Gasteiger partial charge in [-0.1, -0.05) is 18.2 Å². The summed E-state index contributed by atoms with van der Waals surface area (Å²) in [5.74, 6) is -0.0347. The van der Waals surface area contributed by atoms with Crippen LogP contribution in [-0.4, -0.2) is 41.1 Å². The summed E-state index contributed by atoms with van der Waals surface area (Å²) in [6, 6.07) is 8.90. The van der Waals surface area contributed by atoms with Crippen LogP contribution in [0.4, 0.5) is 4.79 Å². The highest BCUT2D eigenvalue weighted by atomic mass is 16.4. The number of carbonyl (C=O) groups excluding carboxylic acids is 1. The number of likely N-dealkylation sites (tertiary alicyclic amines) is 1. The molecule has 2 N–H and O–H groups in total. The fourth-order valence-electron chi connectivity index (χ4n) is 2.22. The number of hydrogen-bond acceptors (Lipinski definition) is 2. The molecule has 1 aliphatic heterocycles. The summed E-state index contributed by atoms with van der Waals surface area (Å²) in [5.41, 5.74) is 0.647. The normalized spacial score (nSPS) is 19.3. The average molecular weight is 248 g/mol. The lowest BCUT2D eigenvalue weighted by Crippen LogP contribution is -2.49. The van der Waals surface area contributed by atoms with Crippen LogP contribution in [0.15, 0.2) is 30.3 Å². The van der Waals surface area contributed by atoms with E-state index >= 15 is 0 Å². The predicted molar refractivity (Wildman–Crippen MR) is 66.5 cm³/mol. The number of rotatable bonds is 2. The Morgan fingerprint density at radius 3 is 2.67 bits per heavy atom.